The zero-order chi connectivity index (χ0) is 21.6. The van der Waals surface area contributed by atoms with Crippen molar-refractivity contribution in [2.45, 2.75) is 69.3 Å². The van der Waals surface area contributed by atoms with Crippen molar-refractivity contribution in [2.75, 3.05) is 19.6 Å². The summed E-state index contributed by atoms with van der Waals surface area (Å²) in [6, 6.07) is 5.13. The van der Waals surface area contributed by atoms with Crippen LogP contribution < -0.4 is 5.32 Å². The number of amides is 1. The summed E-state index contributed by atoms with van der Waals surface area (Å²) in [7, 11) is -3.54. The summed E-state index contributed by atoms with van der Waals surface area (Å²) >= 11 is 1.40. The summed E-state index contributed by atoms with van der Waals surface area (Å²) in [6.07, 6.45) is 2.01. The Morgan fingerprint density at radius 2 is 1.93 bits per heavy atom. The first-order valence-corrected chi connectivity index (χ1v) is 12.6. The van der Waals surface area contributed by atoms with Crippen molar-refractivity contribution in [2.24, 2.45) is 0 Å². The second-order valence-electron chi connectivity index (χ2n) is 6.79. The van der Waals surface area contributed by atoms with Crippen LogP contribution >= 0.6 is 11.8 Å². The number of rotatable bonds is 11. The van der Waals surface area contributed by atoms with E-state index in [1.54, 1.807) is 12.1 Å². The van der Waals surface area contributed by atoms with Gasteiger partial charge in [0.1, 0.15) is 0 Å². The summed E-state index contributed by atoms with van der Waals surface area (Å²) in [6.45, 7) is 11.7. The molecule has 0 spiro atoms. The van der Waals surface area contributed by atoms with E-state index in [2.05, 4.69) is 16.8 Å². The van der Waals surface area contributed by atoms with Gasteiger partial charge >= 0.3 is 0 Å². The summed E-state index contributed by atoms with van der Waals surface area (Å²) in [5, 5.41) is 3.29. The van der Waals surface area contributed by atoms with Gasteiger partial charge in [-0.15, -0.1) is 0 Å². The Morgan fingerprint density at radius 3 is 2.52 bits per heavy atom. The van der Waals surface area contributed by atoms with Crippen LogP contribution in [0.4, 0.5) is 0 Å². The van der Waals surface area contributed by atoms with Crippen LogP contribution in [0.25, 0.3) is 11.0 Å². The van der Waals surface area contributed by atoms with Crippen molar-refractivity contribution in [3.63, 3.8) is 0 Å². The lowest BCUT2D eigenvalue weighted by Gasteiger charge is -2.18. The minimum absolute atomic E-state index is 0.0311. The maximum atomic E-state index is 12.9. The Kier molecular flexibility index (Phi) is 8.54. The molecule has 0 fully saturated rings. The van der Waals surface area contributed by atoms with E-state index in [4.69, 9.17) is 4.98 Å². The van der Waals surface area contributed by atoms with Crippen LogP contribution in [0.3, 0.4) is 0 Å². The molecule has 7 nitrogen and oxygen atoms in total. The summed E-state index contributed by atoms with van der Waals surface area (Å²) in [5.74, 6) is -0.0311. The number of hydrogen-bond acceptors (Lipinski definition) is 5. The van der Waals surface area contributed by atoms with Gasteiger partial charge in [-0.05, 0) is 38.5 Å². The second kappa shape index (κ2) is 10.4. The van der Waals surface area contributed by atoms with Crippen molar-refractivity contribution in [1.82, 2.24) is 19.2 Å². The predicted octanol–water partition coefficient (Wildman–Crippen LogP) is 3.48. The highest BCUT2D eigenvalue weighted by molar-refractivity contribution is 8.00. The minimum Gasteiger partial charge on any atom is -0.355 e. The molecule has 2 rings (SSSR count). The Hall–Kier alpha value is -1.58. The first-order chi connectivity index (χ1) is 13.8. The quantitative estimate of drug-likeness (QED) is 0.541. The summed E-state index contributed by atoms with van der Waals surface area (Å²) in [5.41, 5.74) is 1.53. The van der Waals surface area contributed by atoms with E-state index in [1.165, 1.54) is 16.1 Å². The molecule has 0 aliphatic carbocycles. The molecule has 1 atom stereocenters. The molecular formula is C20H32N4O3S2. The average Bonchev–Trinajstić information content (AvgIpc) is 3.03. The van der Waals surface area contributed by atoms with Crippen LogP contribution in [-0.4, -0.2) is 53.1 Å². The number of benzene rings is 1. The Morgan fingerprint density at radius 1 is 1.24 bits per heavy atom. The lowest BCUT2D eigenvalue weighted by Crippen LogP contribution is -2.30. The lowest BCUT2D eigenvalue weighted by molar-refractivity contribution is -0.120. The van der Waals surface area contributed by atoms with Crippen molar-refractivity contribution in [3.8, 4) is 0 Å². The van der Waals surface area contributed by atoms with Crippen molar-refractivity contribution in [3.05, 3.63) is 18.2 Å². The molecule has 0 radical (unpaired) electrons. The standard InChI is InChI=1S/C20H32N4O3S2/c1-6-10-13-24-18-12-11-16(29(26,27)23(8-3)9-4)14-17(18)22-20(24)28-15(5)19(25)21-7-2/h11-12,14-15H,6-10,13H2,1-5H3,(H,21,25). The molecule has 2 aromatic rings. The van der Waals surface area contributed by atoms with Crippen molar-refractivity contribution in [1.29, 1.82) is 0 Å². The van der Waals surface area contributed by atoms with Gasteiger partial charge < -0.3 is 9.88 Å². The number of aromatic nitrogens is 2. The van der Waals surface area contributed by atoms with E-state index in [1.807, 2.05) is 33.8 Å². The molecule has 9 heteroatoms. The first kappa shape index (κ1) is 23.7. The molecule has 0 saturated carbocycles. The molecule has 0 aliphatic heterocycles. The number of fused-ring (bicyclic) bond motifs is 1. The van der Waals surface area contributed by atoms with Gasteiger partial charge in [-0.3, -0.25) is 4.79 Å². The van der Waals surface area contributed by atoms with E-state index in [-0.39, 0.29) is 16.1 Å². The van der Waals surface area contributed by atoms with Gasteiger partial charge in [-0.2, -0.15) is 4.31 Å². The third-order valence-electron chi connectivity index (χ3n) is 4.77. The van der Waals surface area contributed by atoms with Crippen LogP contribution in [0.5, 0.6) is 0 Å². The zero-order valence-electron chi connectivity index (χ0n) is 17.9. The fourth-order valence-corrected chi connectivity index (χ4v) is 5.57. The number of carbonyl (C=O) groups is 1. The Bertz CT molecular complexity index is 937. The SMILES string of the molecule is CCCCn1c(SC(C)C(=O)NCC)nc2cc(S(=O)(=O)N(CC)CC)ccc21. The Labute approximate surface area is 178 Å². The number of carbonyl (C=O) groups excluding carboxylic acids is 1. The average molecular weight is 441 g/mol. The number of nitrogens with zero attached hydrogens (tertiary/aromatic N) is 3. The maximum absolute atomic E-state index is 12.9. The molecule has 1 heterocycles. The van der Waals surface area contributed by atoms with Crippen LogP contribution in [0, 0.1) is 0 Å². The fraction of sp³-hybridized carbons (Fsp3) is 0.600. The molecule has 0 saturated heterocycles. The van der Waals surface area contributed by atoms with Gasteiger partial charge in [0.25, 0.3) is 0 Å². The molecule has 29 heavy (non-hydrogen) atoms. The topological polar surface area (TPSA) is 84.3 Å². The van der Waals surface area contributed by atoms with E-state index in [0.29, 0.717) is 25.2 Å². The molecule has 162 valence electrons. The maximum Gasteiger partial charge on any atom is 0.243 e. The van der Waals surface area contributed by atoms with Crippen LogP contribution in [0.2, 0.25) is 0 Å². The second-order valence-corrected chi connectivity index (χ2v) is 10.0. The van der Waals surface area contributed by atoms with E-state index < -0.39 is 10.0 Å². The van der Waals surface area contributed by atoms with Crippen LogP contribution in [0.15, 0.2) is 28.3 Å². The molecule has 1 amide bonds. The molecule has 1 aromatic carbocycles. The van der Waals surface area contributed by atoms with Crippen molar-refractivity contribution >= 4 is 38.7 Å². The number of sulfonamides is 1. The monoisotopic (exact) mass is 440 g/mol. The van der Waals surface area contributed by atoms with Gasteiger partial charge in [0.15, 0.2) is 5.16 Å². The fourth-order valence-electron chi connectivity index (χ4n) is 3.11. The number of unbranched alkanes of at least 4 members (excludes halogenated alkanes) is 1. The number of imidazole rings is 1. The summed E-state index contributed by atoms with van der Waals surface area (Å²) < 4.78 is 29.3. The van der Waals surface area contributed by atoms with Gasteiger partial charge in [0, 0.05) is 26.2 Å². The van der Waals surface area contributed by atoms with Gasteiger partial charge in [-0.25, -0.2) is 13.4 Å². The molecule has 1 aromatic heterocycles. The van der Waals surface area contributed by atoms with Gasteiger partial charge in [0.05, 0.1) is 21.2 Å². The third kappa shape index (κ3) is 5.32. The minimum atomic E-state index is -3.54. The highest BCUT2D eigenvalue weighted by Crippen LogP contribution is 2.30. The largest absolute Gasteiger partial charge is 0.355 e. The third-order valence-corrected chi connectivity index (χ3v) is 7.90. The van der Waals surface area contributed by atoms with E-state index in [0.717, 1.165) is 30.1 Å². The molecular weight excluding hydrogens is 408 g/mol. The molecule has 1 unspecified atom stereocenters. The number of aryl methyl sites for hydroxylation is 1. The van der Waals surface area contributed by atoms with Crippen LogP contribution in [0.1, 0.15) is 47.5 Å². The first-order valence-electron chi connectivity index (χ1n) is 10.2. The zero-order valence-corrected chi connectivity index (χ0v) is 19.6. The van der Waals surface area contributed by atoms with E-state index in [9.17, 15) is 13.2 Å². The number of nitrogens with one attached hydrogen (secondary N) is 1. The Balaban J connectivity index is 2.48. The van der Waals surface area contributed by atoms with E-state index >= 15 is 0 Å². The number of hydrogen-bond donors (Lipinski definition) is 1. The van der Waals surface area contributed by atoms with Gasteiger partial charge in [0.2, 0.25) is 15.9 Å². The molecule has 0 aliphatic rings. The van der Waals surface area contributed by atoms with Crippen LogP contribution in [-0.2, 0) is 21.4 Å². The van der Waals surface area contributed by atoms with Crippen molar-refractivity contribution < 1.29 is 13.2 Å². The smallest absolute Gasteiger partial charge is 0.243 e. The normalized spacial score (nSPS) is 13.2. The summed E-state index contributed by atoms with van der Waals surface area (Å²) in [4.78, 5) is 17.1. The highest BCUT2D eigenvalue weighted by Gasteiger charge is 2.24. The molecule has 0 bridgehead atoms. The number of thioether (sulfide) groups is 1. The predicted molar refractivity (Wildman–Crippen MR) is 119 cm³/mol. The highest BCUT2D eigenvalue weighted by atomic mass is 32.2. The molecule has 1 N–H and O–H groups in total. The lowest BCUT2D eigenvalue weighted by atomic mass is 10.3. The van der Waals surface area contributed by atoms with Gasteiger partial charge in [-0.1, -0.05) is 39.0 Å².